The normalized spacial score (nSPS) is 10.7. The first-order valence-corrected chi connectivity index (χ1v) is 10.8. The molecule has 140 valence electrons. The lowest BCUT2D eigenvalue weighted by atomic mass is 10.1. The van der Waals surface area contributed by atoms with Crippen LogP contribution in [0.15, 0.2) is 64.6 Å². The SMILES string of the molecule is CCc1ccc(-c2nc(SCC(=O)NCCSc3ccccc3)n[nH]2)cc1. The molecule has 0 fully saturated rings. The molecule has 3 rings (SSSR count). The van der Waals surface area contributed by atoms with E-state index < -0.39 is 0 Å². The molecule has 1 amide bonds. The Morgan fingerprint density at radius 2 is 1.85 bits per heavy atom. The van der Waals surface area contributed by atoms with E-state index in [1.165, 1.54) is 22.2 Å². The molecule has 1 aromatic heterocycles. The molecule has 0 unspecified atom stereocenters. The van der Waals surface area contributed by atoms with Gasteiger partial charge in [-0.15, -0.1) is 16.9 Å². The highest BCUT2D eigenvalue weighted by Crippen LogP contribution is 2.20. The van der Waals surface area contributed by atoms with Crippen molar-refractivity contribution in [3.63, 3.8) is 0 Å². The highest BCUT2D eigenvalue weighted by Gasteiger charge is 2.09. The van der Waals surface area contributed by atoms with Crippen molar-refractivity contribution in [2.45, 2.75) is 23.4 Å². The molecule has 0 saturated carbocycles. The van der Waals surface area contributed by atoms with E-state index >= 15 is 0 Å². The number of aromatic amines is 1. The van der Waals surface area contributed by atoms with Gasteiger partial charge in [-0.05, 0) is 24.1 Å². The van der Waals surface area contributed by atoms with Crippen molar-refractivity contribution in [3.05, 3.63) is 60.2 Å². The van der Waals surface area contributed by atoms with Crippen molar-refractivity contribution >= 4 is 29.4 Å². The Bertz CT molecular complexity index is 850. The summed E-state index contributed by atoms with van der Waals surface area (Å²) in [5.74, 6) is 1.87. The fourth-order valence-corrected chi connectivity index (χ4v) is 3.81. The van der Waals surface area contributed by atoms with Gasteiger partial charge in [0.1, 0.15) is 0 Å². The van der Waals surface area contributed by atoms with E-state index in [1.54, 1.807) is 11.8 Å². The average Bonchev–Trinajstić information content (AvgIpc) is 3.19. The molecule has 1 heterocycles. The predicted octanol–water partition coefficient (Wildman–Crippen LogP) is 4.03. The largest absolute Gasteiger partial charge is 0.355 e. The van der Waals surface area contributed by atoms with Crippen molar-refractivity contribution < 1.29 is 4.79 Å². The molecule has 0 bridgehead atoms. The number of H-pyrrole nitrogens is 1. The maximum Gasteiger partial charge on any atom is 0.230 e. The average molecular weight is 399 g/mol. The van der Waals surface area contributed by atoms with Gasteiger partial charge in [0.25, 0.3) is 0 Å². The van der Waals surface area contributed by atoms with Crippen LogP contribution in [0.2, 0.25) is 0 Å². The molecule has 0 aliphatic rings. The number of carbonyl (C=O) groups is 1. The van der Waals surface area contributed by atoms with Crippen molar-refractivity contribution in [3.8, 4) is 11.4 Å². The topological polar surface area (TPSA) is 70.7 Å². The molecule has 0 aliphatic carbocycles. The van der Waals surface area contributed by atoms with Gasteiger partial charge in [-0.2, -0.15) is 0 Å². The van der Waals surface area contributed by atoms with Gasteiger partial charge in [0.2, 0.25) is 11.1 Å². The van der Waals surface area contributed by atoms with E-state index in [0.29, 0.717) is 17.5 Å². The van der Waals surface area contributed by atoms with Gasteiger partial charge in [-0.25, -0.2) is 4.98 Å². The lowest BCUT2D eigenvalue weighted by molar-refractivity contribution is -0.118. The molecule has 2 N–H and O–H groups in total. The Morgan fingerprint density at radius 1 is 1.07 bits per heavy atom. The Labute approximate surface area is 167 Å². The van der Waals surface area contributed by atoms with Crippen LogP contribution in [0.5, 0.6) is 0 Å². The Kier molecular flexibility index (Phi) is 7.36. The summed E-state index contributed by atoms with van der Waals surface area (Å²) in [7, 11) is 0. The molecule has 27 heavy (non-hydrogen) atoms. The summed E-state index contributed by atoms with van der Waals surface area (Å²) in [4.78, 5) is 17.6. The van der Waals surface area contributed by atoms with Crippen molar-refractivity contribution in [1.29, 1.82) is 0 Å². The van der Waals surface area contributed by atoms with E-state index in [-0.39, 0.29) is 5.91 Å². The van der Waals surface area contributed by atoms with Crippen LogP contribution in [0.1, 0.15) is 12.5 Å². The third kappa shape index (κ3) is 6.15. The molecule has 2 aromatic carbocycles. The van der Waals surface area contributed by atoms with Crippen molar-refractivity contribution in [2.24, 2.45) is 0 Å². The standard InChI is InChI=1S/C20H22N4OS2/c1-2-15-8-10-16(11-9-15)19-22-20(24-23-19)27-14-18(25)21-12-13-26-17-6-4-3-5-7-17/h3-11H,2,12-14H2,1H3,(H,21,25)(H,22,23,24). The summed E-state index contributed by atoms with van der Waals surface area (Å²) < 4.78 is 0. The number of carbonyl (C=O) groups excluding carboxylic acids is 1. The number of benzene rings is 2. The summed E-state index contributed by atoms with van der Waals surface area (Å²) in [5, 5.41) is 10.6. The van der Waals surface area contributed by atoms with Crippen LogP contribution in [-0.4, -0.2) is 39.1 Å². The zero-order chi connectivity index (χ0) is 18.9. The smallest absolute Gasteiger partial charge is 0.230 e. The summed E-state index contributed by atoms with van der Waals surface area (Å²) in [5.41, 5.74) is 2.28. The molecule has 0 spiro atoms. The molecule has 0 aliphatic heterocycles. The van der Waals surface area contributed by atoms with Gasteiger partial charge in [0.15, 0.2) is 5.82 Å². The highest BCUT2D eigenvalue weighted by atomic mass is 32.2. The van der Waals surface area contributed by atoms with Gasteiger partial charge >= 0.3 is 0 Å². The van der Waals surface area contributed by atoms with Crippen molar-refractivity contribution in [1.82, 2.24) is 20.5 Å². The van der Waals surface area contributed by atoms with E-state index in [1.807, 2.05) is 30.3 Å². The van der Waals surface area contributed by atoms with Crippen LogP contribution in [0.25, 0.3) is 11.4 Å². The van der Waals surface area contributed by atoms with Crippen LogP contribution in [-0.2, 0) is 11.2 Å². The number of thioether (sulfide) groups is 2. The Morgan fingerprint density at radius 3 is 2.59 bits per heavy atom. The van der Waals surface area contributed by atoms with Crippen LogP contribution < -0.4 is 5.32 Å². The monoisotopic (exact) mass is 398 g/mol. The second kappa shape index (κ2) is 10.2. The number of amides is 1. The Hall–Kier alpha value is -2.25. The maximum atomic E-state index is 12.0. The third-order valence-corrected chi connectivity index (χ3v) is 5.73. The van der Waals surface area contributed by atoms with Crippen LogP contribution in [0.4, 0.5) is 0 Å². The van der Waals surface area contributed by atoms with Gasteiger partial charge in [-0.3, -0.25) is 9.89 Å². The van der Waals surface area contributed by atoms with Crippen LogP contribution in [0, 0.1) is 0 Å². The maximum absolute atomic E-state index is 12.0. The number of hydrogen-bond acceptors (Lipinski definition) is 5. The molecule has 5 nitrogen and oxygen atoms in total. The predicted molar refractivity (Wildman–Crippen MR) is 112 cm³/mol. The van der Waals surface area contributed by atoms with E-state index in [0.717, 1.165) is 23.6 Å². The van der Waals surface area contributed by atoms with Gasteiger partial charge in [-0.1, -0.05) is 61.2 Å². The summed E-state index contributed by atoms with van der Waals surface area (Å²) in [6.07, 6.45) is 1.01. The van der Waals surface area contributed by atoms with Gasteiger partial charge < -0.3 is 5.32 Å². The van der Waals surface area contributed by atoms with E-state index in [4.69, 9.17) is 0 Å². The molecule has 0 atom stereocenters. The van der Waals surface area contributed by atoms with E-state index in [9.17, 15) is 4.79 Å². The minimum atomic E-state index is -0.00712. The number of rotatable bonds is 9. The van der Waals surface area contributed by atoms with Crippen LogP contribution >= 0.6 is 23.5 Å². The second-order valence-corrected chi connectivity index (χ2v) is 7.93. The number of aromatic nitrogens is 3. The minimum Gasteiger partial charge on any atom is -0.355 e. The molecule has 0 saturated heterocycles. The first-order valence-electron chi connectivity index (χ1n) is 8.83. The highest BCUT2D eigenvalue weighted by molar-refractivity contribution is 7.99. The van der Waals surface area contributed by atoms with Crippen molar-refractivity contribution in [2.75, 3.05) is 18.1 Å². The fourth-order valence-electron chi connectivity index (χ4n) is 2.40. The molecular formula is C20H22N4OS2. The summed E-state index contributed by atoms with van der Waals surface area (Å²) in [6, 6.07) is 18.4. The first-order chi connectivity index (χ1) is 13.2. The summed E-state index contributed by atoms with van der Waals surface area (Å²) in [6.45, 7) is 2.77. The van der Waals surface area contributed by atoms with E-state index in [2.05, 4.69) is 51.7 Å². The third-order valence-electron chi connectivity index (χ3n) is 3.87. The van der Waals surface area contributed by atoms with Gasteiger partial charge in [0.05, 0.1) is 5.75 Å². The quantitative estimate of drug-likeness (QED) is 0.421. The zero-order valence-corrected chi connectivity index (χ0v) is 16.8. The molecule has 7 heteroatoms. The lowest BCUT2D eigenvalue weighted by Crippen LogP contribution is -2.27. The lowest BCUT2D eigenvalue weighted by Gasteiger charge is -2.04. The number of aryl methyl sites for hydroxylation is 1. The zero-order valence-electron chi connectivity index (χ0n) is 15.1. The van der Waals surface area contributed by atoms with Gasteiger partial charge in [0, 0.05) is 22.8 Å². The molecule has 0 radical (unpaired) electrons. The number of nitrogens with zero attached hydrogens (tertiary/aromatic N) is 2. The number of hydrogen-bond donors (Lipinski definition) is 2. The number of nitrogens with one attached hydrogen (secondary N) is 2. The minimum absolute atomic E-state index is 0.00712. The van der Waals surface area contributed by atoms with Crippen LogP contribution in [0.3, 0.4) is 0 Å². The second-order valence-electron chi connectivity index (χ2n) is 5.82. The first kappa shape index (κ1) is 19.5. The Balaban J connectivity index is 1.39. The summed E-state index contributed by atoms with van der Waals surface area (Å²) >= 11 is 3.06. The molecular weight excluding hydrogens is 376 g/mol. The fraction of sp³-hybridized carbons (Fsp3) is 0.250. The molecule has 3 aromatic rings.